The lowest BCUT2D eigenvalue weighted by molar-refractivity contribution is -0.143. The van der Waals surface area contributed by atoms with Crippen LogP contribution in [0.5, 0.6) is 0 Å². The van der Waals surface area contributed by atoms with Crippen molar-refractivity contribution in [3.63, 3.8) is 0 Å². The maximum Gasteiger partial charge on any atom is 0.325 e. The van der Waals surface area contributed by atoms with E-state index in [2.05, 4.69) is 21.4 Å². The van der Waals surface area contributed by atoms with Crippen molar-refractivity contribution < 1.29 is 24.6 Å². The van der Waals surface area contributed by atoms with Gasteiger partial charge in [0.05, 0.1) is 12.0 Å². The van der Waals surface area contributed by atoms with Crippen LogP contribution in [0.4, 0.5) is 11.5 Å². The minimum Gasteiger partial charge on any atom is -0.481 e. The van der Waals surface area contributed by atoms with Crippen LogP contribution in [0.15, 0.2) is 42.7 Å². The molecule has 1 aliphatic rings. The molecule has 1 aromatic carbocycles. The Hall–Kier alpha value is -4.43. The summed E-state index contributed by atoms with van der Waals surface area (Å²) in [6.07, 6.45) is 2.91. The van der Waals surface area contributed by atoms with Gasteiger partial charge in [-0.25, -0.2) is 4.98 Å². The van der Waals surface area contributed by atoms with Crippen molar-refractivity contribution >= 4 is 40.3 Å². The molecule has 1 aliphatic heterocycles. The second-order valence-electron chi connectivity index (χ2n) is 8.20. The SMILES string of the molecule is N#Cc1cccnc1N1CCN([C@H](C(=O)O)c2c[nH]c3cc(NC(=O)CCC(=O)O)ccc23)CC1. The summed E-state index contributed by atoms with van der Waals surface area (Å²) in [6.45, 7) is 2.01. The molecule has 1 amide bonds. The Morgan fingerprint density at radius 2 is 1.91 bits per heavy atom. The molecule has 2 aromatic heterocycles. The van der Waals surface area contributed by atoms with Crippen LogP contribution >= 0.6 is 0 Å². The van der Waals surface area contributed by atoms with Gasteiger partial charge in [0, 0.05) is 67.1 Å². The standard InChI is InChI=1S/C24H24N6O5/c25-13-15-2-1-7-26-23(15)30-10-8-29(9-11-30)22(24(34)35)18-14-27-19-12-16(3-4-17(18)19)28-20(31)5-6-21(32)33/h1-4,7,12,14,22,27H,5-6,8-11H2,(H,28,31)(H,32,33)(H,34,35)/t22-/m0/s1. The van der Waals surface area contributed by atoms with Crippen molar-refractivity contribution in [1.82, 2.24) is 14.9 Å². The Bertz CT molecular complexity index is 1310. The van der Waals surface area contributed by atoms with Gasteiger partial charge in [-0.3, -0.25) is 19.3 Å². The molecule has 4 rings (SSSR count). The lowest BCUT2D eigenvalue weighted by atomic mass is 10.0. The molecule has 11 heteroatoms. The van der Waals surface area contributed by atoms with E-state index in [0.717, 1.165) is 5.39 Å². The molecule has 0 aliphatic carbocycles. The normalized spacial score (nSPS) is 14.9. The number of H-pyrrole nitrogens is 1. The molecule has 1 fully saturated rings. The number of amides is 1. The first-order valence-electron chi connectivity index (χ1n) is 11.1. The number of carbonyl (C=O) groups is 3. The highest BCUT2D eigenvalue weighted by atomic mass is 16.4. The van der Waals surface area contributed by atoms with Crippen LogP contribution in [0, 0.1) is 11.3 Å². The molecular weight excluding hydrogens is 452 g/mol. The summed E-state index contributed by atoms with van der Waals surface area (Å²) in [4.78, 5) is 46.2. The van der Waals surface area contributed by atoms with Crippen LogP contribution < -0.4 is 10.2 Å². The van der Waals surface area contributed by atoms with Gasteiger partial charge < -0.3 is 25.4 Å². The molecule has 180 valence electrons. The highest BCUT2D eigenvalue weighted by molar-refractivity contribution is 5.96. The van der Waals surface area contributed by atoms with E-state index in [1.54, 1.807) is 42.7 Å². The summed E-state index contributed by atoms with van der Waals surface area (Å²) in [6, 6.07) is 9.80. The number of fused-ring (bicyclic) bond motifs is 1. The van der Waals surface area contributed by atoms with E-state index in [1.165, 1.54) is 0 Å². The number of hydrogen-bond acceptors (Lipinski definition) is 7. The molecule has 1 atom stereocenters. The Morgan fingerprint density at radius 1 is 1.14 bits per heavy atom. The number of anilines is 2. The molecule has 0 radical (unpaired) electrons. The molecule has 11 nitrogen and oxygen atoms in total. The fraction of sp³-hybridized carbons (Fsp3) is 0.292. The molecular formula is C24H24N6O5. The van der Waals surface area contributed by atoms with E-state index in [1.807, 2.05) is 9.80 Å². The number of nitriles is 1. The number of hydrogen-bond donors (Lipinski definition) is 4. The molecule has 1 saturated heterocycles. The summed E-state index contributed by atoms with van der Waals surface area (Å²) in [7, 11) is 0. The number of aromatic nitrogens is 2. The molecule has 0 bridgehead atoms. The minimum atomic E-state index is -1.05. The van der Waals surface area contributed by atoms with Crippen molar-refractivity contribution in [2.45, 2.75) is 18.9 Å². The molecule has 3 heterocycles. The third-order valence-electron chi connectivity index (χ3n) is 5.98. The van der Waals surface area contributed by atoms with Crippen LogP contribution in [-0.4, -0.2) is 69.1 Å². The average Bonchev–Trinajstić information content (AvgIpc) is 3.26. The van der Waals surface area contributed by atoms with Gasteiger partial charge in [-0.2, -0.15) is 5.26 Å². The van der Waals surface area contributed by atoms with Crippen molar-refractivity contribution in [2.24, 2.45) is 0 Å². The summed E-state index contributed by atoms with van der Waals surface area (Å²) in [5.41, 5.74) is 2.25. The number of pyridine rings is 1. The van der Waals surface area contributed by atoms with Crippen molar-refractivity contribution in [2.75, 3.05) is 36.4 Å². The first-order chi connectivity index (χ1) is 16.9. The van der Waals surface area contributed by atoms with Crippen molar-refractivity contribution in [1.29, 1.82) is 5.26 Å². The number of aromatic amines is 1. The second-order valence-corrected chi connectivity index (χ2v) is 8.20. The molecule has 0 spiro atoms. The molecule has 3 aromatic rings. The number of carboxylic acid groups (broad SMARTS) is 2. The zero-order valence-electron chi connectivity index (χ0n) is 18.8. The van der Waals surface area contributed by atoms with Crippen LogP contribution in [0.1, 0.15) is 30.0 Å². The first-order valence-corrected chi connectivity index (χ1v) is 11.1. The van der Waals surface area contributed by atoms with Crippen LogP contribution in [0.25, 0.3) is 10.9 Å². The highest BCUT2D eigenvalue weighted by Gasteiger charge is 2.32. The summed E-state index contributed by atoms with van der Waals surface area (Å²) < 4.78 is 0. The fourth-order valence-corrected chi connectivity index (χ4v) is 4.31. The molecule has 4 N–H and O–H groups in total. The van der Waals surface area contributed by atoms with E-state index in [4.69, 9.17) is 5.11 Å². The molecule has 0 saturated carbocycles. The number of piperazine rings is 1. The van der Waals surface area contributed by atoms with E-state index in [0.29, 0.717) is 54.3 Å². The number of carbonyl (C=O) groups excluding carboxylic acids is 1. The van der Waals surface area contributed by atoms with Gasteiger partial charge in [0.15, 0.2) is 0 Å². The van der Waals surface area contributed by atoms with Gasteiger partial charge in [0.25, 0.3) is 0 Å². The van der Waals surface area contributed by atoms with Gasteiger partial charge in [0.1, 0.15) is 17.9 Å². The zero-order valence-corrected chi connectivity index (χ0v) is 18.8. The average molecular weight is 476 g/mol. The third-order valence-corrected chi connectivity index (χ3v) is 5.98. The van der Waals surface area contributed by atoms with E-state index < -0.39 is 23.9 Å². The van der Waals surface area contributed by atoms with Crippen LogP contribution in [0.3, 0.4) is 0 Å². The van der Waals surface area contributed by atoms with Gasteiger partial charge in [-0.1, -0.05) is 6.07 Å². The summed E-state index contributed by atoms with van der Waals surface area (Å²) >= 11 is 0. The van der Waals surface area contributed by atoms with E-state index in [-0.39, 0.29) is 12.8 Å². The smallest absolute Gasteiger partial charge is 0.325 e. The number of carboxylic acids is 2. The fourth-order valence-electron chi connectivity index (χ4n) is 4.31. The first kappa shape index (κ1) is 23.7. The van der Waals surface area contributed by atoms with Crippen molar-refractivity contribution in [3.8, 4) is 6.07 Å². The van der Waals surface area contributed by atoms with Crippen molar-refractivity contribution in [3.05, 3.63) is 53.9 Å². The predicted octanol–water partition coefficient (Wildman–Crippen LogP) is 2.19. The molecule has 35 heavy (non-hydrogen) atoms. The van der Waals surface area contributed by atoms with Crippen LogP contribution in [0.2, 0.25) is 0 Å². The van der Waals surface area contributed by atoms with Gasteiger partial charge >= 0.3 is 11.9 Å². The zero-order chi connectivity index (χ0) is 24.9. The number of nitrogens with one attached hydrogen (secondary N) is 2. The Balaban J connectivity index is 1.49. The minimum absolute atomic E-state index is 0.134. The Kier molecular flexibility index (Phi) is 6.93. The summed E-state index contributed by atoms with van der Waals surface area (Å²) in [5.74, 6) is -1.82. The topological polar surface area (TPSA) is 163 Å². The third kappa shape index (κ3) is 5.23. The van der Waals surface area contributed by atoms with Gasteiger partial charge in [0.2, 0.25) is 5.91 Å². The lowest BCUT2D eigenvalue weighted by Gasteiger charge is -2.38. The number of benzene rings is 1. The lowest BCUT2D eigenvalue weighted by Crippen LogP contribution is -2.49. The monoisotopic (exact) mass is 476 g/mol. The molecule has 0 unspecified atom stereocenters. The van der Waals surface area contributed by atoms with Gasteiger partial charge in [-0.15, -0.1) is 0 Å². The highest BCUT2D eigenvalue weighted by Crippen LogP contribution is 2.31. The quantitative estimate of drug-likeness (QED) is 0.382. The van der Waals surface area contributed by atoms with E-state index >= 15 is 0 Å². The van der Waals surface area contributed by atoms with Gasteiger partial charge in [-0.05, 0) is 24.3 Å². The number of nitrogens with zero attached hydrogens (tertiary/aromatic N) is 4. The number of rotatable bonds is 8. The summed E-state index contributed by atoms with van der Waals surface area (Å²) in [5, 5.41) is 31.5. The number of aliphatic carboxylic acids is 2. The van der Waals surface area contributed by atoms with E-state index in [9.17, 15) is 24.8 Å². The Morgan fingerprint density at radius 3 is 2.60 bits per heavy atom. The maximum absolute atomic E-state index is 12.3. The second kappa shape index (κ2) is 10.2. The predicted molar refractivity (Wildman–Crippen MR) is 127 cm³/mol. The maximum atomic E-state index is 12.3. The Labute approximate surface area is 200 Å². The largest absolute Gasteiger partial charge is 0.481 e. The van der Waals surface area contributed by atoms with Crippen LogP contribution in [-0.2, 0) is 14.4 Å².